The van der Waals surface area contributed by atoms with E-state index in [1.54, 1.807) is 6.20 Å². The van der Waals surface area contributed by atoms with E-state index >= 15 is 0 Å². The summed E-state index contributed by atoms with van der Waals surface area (Å²) in [6.45, 7) is 1.34. The minimum absolute atomic E-state index is 0.105. The van der Waals surface area contributed by atoms with Crippen molar-refractivity contribution >= 4 is 5.91 Å². The van der Waals surface area contributed by atoms with E-state index in [1.165, 1.54) is 5.56 Å². The average Bonchev–Trinajstić information content (AvgIpc) is 3.19. The molecular weight excluding hydrogens is 288 g/mol. The Balaban J connectivity index is 1.45. The van der Waals surface area contributed by atoms with Crippen molar-refractivity contribution < 1.29 is 4.79 Å². The summed E-state index contributed by atoms with van der Waals surface area (Å²) >= 11 is 0. The van der Waals surface area contributed by atoms with Gasteiger partial charge >= 0.3 is 0 Å². The predicted molar refractivity (Wildman–Crippen MR) is 89.6 cm³/mol. The molecule has 1 aliphatic rings. The van der Waals surface area contributed by atoms with Gasteiger partial charge in [-0.3, -0.25) is 9.48 Å². The zero-order chi connectivity index (χ0) is 16.1. The molecule has 1 heterocycles. The monoisotopic (exact) mass is 312 g/mol. The van der Waals surface area contributed by atoms with E-state index in [0.717, 1.165) is 31.4 Å². The number of nitrogens with one attached hydrogen (secondary N) is 1. The van der Waals surface area contributed by atoms with Gasteiger partial charge in [-0.1, -0.05) is 30.7 Å². The lowest BCUT2D eigenvalue weighted by Gasteiger charge is -2.14. The number of hydrogen-bond donors (Lipinski definition) is 2. The van der Waals surface area contributed by atoms with E-state index < -0.39 is 0 Å². The van der Waals surface area contributed by atoms with Crippen molar-refractivity contribution in [3.8, 4) is 0 Å². The van der Waals surface area contributed by atoms with Crippen LogP contribution in [-0.4, -0.2) is 21.7 Å². The van der Waals surface area contributed by atoms with Crippen LogP contribution in [0.25, 0.3) is 0 Å². The molecule has 1 fully saturated rings. The zero-order valence-electron chi connectivity index (χ0n) is 13.3. The van der Waals surface area contributed by atoms with Crippen molar-refractivity contribution in [3.63, 3.8) is 0 Å². The maximum absolute atomic E-state index is 12.0. The standard InChI is InChI=1S/C18H24N4O/c19-17-4-1-3-16(17)11-18(23)20-12-14-5-7-15(8-6-14)13-22-10-2-9-21-22/h2,5-10,16-17H,1,3-4,11-13,19H2,(H,20,23)/t16-,17+/m0/s1. The lowest BCUT2D eigenvalue weighted by atomic mass is 10.00. The van der Waals surface area contributed by atoms with Crippen LogP contribution in [0, 0.1) is 5.92 Å². The Morgan fingerprint density at radius 1 is 1.26 bits per heavy atom. The first-order valence-corrected chi connectivity index (χ1v) is 8.28. The van der Waals surface area contributed by atoms with Crippen molar-refractivity contribution in [1.82, 2.24) is 15.1 Å². The summed E-state index contributed by atoms with van der Waals surface area (Å²) in [5.74, 6) is 0.458. The molecule has 23 heavy (non-hydrogen) atoms. The highest BCUT2D eigenvalue weighted by molar-refractivity contribution is 5.76. The first kappa shape index (κ1) is 15.7. The highest BCUT2D eigenvalue weighted by atomic mass is 16.1. The molecule has 122 valence electrons. The molecule has 3 N–H and O–H groups in total. The first-order chi connectivity index (χ1) is 11.2. The third-order valence-electron chi connectivity index (χ3n) is 4.58. The van der Waals surface area contributed by atoms with Crippen molar-refractivity contribution in [2.45, 2.75) is 44.8 Å². The molecule has 0 unspecified atom stereocenters. The maximum atomic E-state index is 12.0. The van der Waals surface area contributed by atoms with Gasteiger partial charge in [-0.05, 0) is 36.0 Å². The molecule has 3 rings (SSSR count). The highest BCUT2D eigenvalue weighted by Gasteiger charge is 2.25. The lowest BCUT2D eigenvalue weighted by molar-refractivity contribution is -0.122. The second kappa shape index (κ2) is 7.42. The fourth-order valence-corrected chi connectivity index (χ4v) is 3.17. The van der Waals surface area contributed by atoms with Crippen LogP contribution in [0.2, 0.25) is 0 Å². The number of aromatic nitrogens is 2. The van der Waals surface area contributed by atoms with Crippen LogP contribution in [-0.2, 0) is 17.9 Å². The zero-order valence-corrected chi connectivity index (χ0v) is 13.3. The van der Waals surface area contributed by atoms with Crippen molar-refractivity contribution in [3.05, 3.63) is 53.9 Å². The summed E-state index contributed by atoms with van der Waals surface area (Å²) in [5, 5.41) is 7.20. The van der Waals surface area contributed by atoms with E-state index in [4.69, 9.17) is 5.73 Å². The molecule has 2 aromatic rings. The number of nitrogens with zero attached hydrogens (tertiary/aromatic N) is 2. The number of carbonyl (C=O) groups excluding carboxylic acids is 1. The Hall–Kier alpha value is -2.14. The third-order valence-corrected chi connectivity index (χ3v) is 4.58. The second-order valence-electron chi connectivity index (χ2n) is 6.36. The van der Waals surface area contributed by atoms with Crippen LogP contribution in [0.5, 0.6) is 0 Å². The molecule has 0 spiro atoms. The van der Waals surface area contributed by atoms with Crippen LogP contribution in [0.3, 0.4) is 0 Å². The second-order valence-corrected chi connectivity index (χ2v) is 6.36. The first-order valence-electron chi connectivity index (χ1n) is 8.28. The van der Waals surface area contributed by atoms with Gasteiger partial charge in [-0.2, -0.15) is 5.10 Å². The Morgan fingerprint density at radius 3 is 2.70 bits per heavy atom. The van der Waals surface area contributed by atoms with Gasteiger partial charge in [0.1, 0.15) is 0 Å². The highest BCUT2D eigenvalue weighted by Crippen LogP contribution is 2.26. The molecule has 0 bridgehead atoms. The van der Waals surface area contributed by atoms with Crippen LogP contribution in [0.4, 0.5) is 0 Å². The van der Waals surface area contributed by atoms with Gasteiger partial charge in [0, 0.05) is 31.4 Å². The number of rotatable bonds is 6. The van der Waals surface area contributed by atoms with Crippen LogP contribution >= 0.6 is 0 Å². The summed E-state index contributed by atoms with van der Waals surface area (Å²) in [7, 11) is 0. The van der Waals surface area contributed by atoms with Gasteiger partial charge in [0.25, 0.3) is 0 Å². The average molecular weight is 312 g/mol. The summed E-state index contributed by atoms with van der Waals surface area (Å²) in [6, 6.07) is 10.4. The molecule has 0 aliphatic heterocycles. The minimum atomic E-state index is 0.105. The molecule has 1 aliphatic carbocycles. The van der Waals surface area contributed by atoms with E-state index in [-0.39, 0.29) is 11.9 Å². The van der Waals surface area contributed by atoms with Crippen molar-refractivity contribution in [2.24, 2.45) is 11.7 Å². The summed E-state index contributed by atoms with van der Waals surface area (Å²) in [4.78, 5) is 12.0. The van der Waals surface area contributed by atoms with Gasteiger partial charge in [0.15, 0.2) is 0 Å². The quantitative estimate of drug-likeness (QED) is 0.857. The Bertz CT molecular complexity index is 621. The topological polar surface area (TPSA) is 72.9 Å². The molecule has 5 nitrogen and oxygen atoms in total. The minimum Gasteiger partial charge on any atom is -0.352 e. The van der Waals surface area contributed by atoms with Crippen molar-refractivity contribution in [2.75, 3.05) is 0 Å². The molecule has 1 aromatic carbocycles. The Kier molecular flexibility index (Phi) is 5.08. The third kappa shape index (κ3) is 4.42. The van der Waals surface area contributed by atoms with Gasteiger partial charge < -0.3 is 11.1 Å². The molecule has 2 atom stereocenters. The number of benzene rings is 1. The fourth-order valence-electron chi connectivity index (χ4n) is 3.17. The normalized spacial score (nSPS) is 20.6. The van der Waals surface area contributed by atoms with E-state index in [9.17, 15) is 4.79 Å². The summed E-state index contributed by atoms with van der Waals surface area (Å²) < 4.78 is 1.89. The molecule has 0 saturated heterocycles. The number of amides is 1. The van der Waals surface area contributed by atoms with Crippen LogP contribution in [0.1, 0.15) is 36.8 Å². The number of nitrogens with two attached hydrogens (primary N) is 1. The van der Waals surface area contributed by atoms with E-state index in [2.05, 4.69) is 34.7 Å². The van der Waals surface area contributed by atoms with E-state index in [0.29, 0.717) is 18.9 Å². The molecule has 1 amide bonds. The summed E-state index contributed by atoms with van der Waals surface area (Å²) in [5.41, 5.74) is 8.32. The summed E-state index contributed by atoms with van der Waals surface area (Å²) in [6.07, 6.45) is 7.56. The number of hydrogen-bond acceptors (Lipinski definition) is 3. The SMILES string of the molecule is N[C@@H]1CCC[C@H]1CC(=O)NCc1ccc(Cn2cccn2)cc1. The van der Waals surface area contributed by atoms with Gasteiger partial charge in [-0.25, -0.2) is 0 Å². The maximum Gasteiger partial charge on any atom is 0.220 e. The van der Waals surface area contributed by atoms with Gasteiger partial charge in [-0.15, -0.1) is 0 Å². The van der Waals surface area contributed by atoms with Gasteiger partial charge in [0.05, 0.1) is 6.54 Å². The Labute approximate surface area is 136 Å². The van der Waals surface area contributed by atoms with Gasteiger partial charge in [0.2, 0.25) is 5.91 Å². The molecule has 1 saturated carbocycles. The molecule has 5 heteroatoms. The van der Waals surface area contributed by atoms with Crippen LogP contribution < -0.4 is 11.1 Å². The smallest absolute Gasteiger partial charge is 0.220 e. The molecular formula is C18H24N4O. The van der Waals surface area contributed by atoms with Crippen molar-refractivity contribution in [1.29, 1.82) is 0 Å². The van der Waals surface area contributed by atoms with Crippen LogP contribution in [0.15, 0.2) is 42.7 Å². The molecule has 1 aromatic heterocycles. The lowest BCUT2D eigenvalue weighted by Crippen LogP contribution is -2.31. The Morgan fingerprint density at radius 2 is 2.04 bits per heavy atom. The fraction of sp³-hybridized carbons (Fsp3) is 0.444. The largest absolute Gasteiger partial charge is 0.352 e. The predicted octanol–water partition coefficient (Wildman–Crippen LogP) is 2.07. The molecule has 0 radical (unpaired) electrons. The van der Waals surface area contributed by atoms with E-state index in [1.807, 2.05) is 16.9 Å². The number of carbonyl (C=O) groups is 1.